The Kier molecular flexibility index (Phi) is 8.34. The van der Waals surface area contributed by atoms with Gasteiger partial charge in [0.1, 0.15) is 11.6 Å². The fraction of sp³-hybridized carbons (Fsp3) is 0.424. The Balaban J connectivity index is 1.57. The quantitative estimate of drug-likeness (QED) is 0.398. The second kappa shape index (κ2) is 11.7. The Morgan fingerprint density at radius 2 is 1.76 bits per heavy atom. The summed E-state index contributed by atoms with van der Waals surface area (Å²) in [6.45, 7) is 12.1. The first-order chi connectivity index (χ1) is 20.1. The van der Waals surface area contributed by atoms with Crippen molar-refractivity contribution in [1.29, 1.82) is 0 Å². The largest absolute Gasteiger partial charge is 0.395 e. The van der Waals surface area contributed by atoms with Crippen molar-refractivity contribution >= 4 is 35.0 Å². The Morgan fingerprint density at radius 1 is 1.10 bits per heavy atom. The van der Waals surface area contributed by atoms with E-state index in [1.807, 2.05) is 44.2 Å². The van der Waals surface area contributed by atoms with E-state index in [4.69, 9.17) is 16.3 Å². The van der Waals surface area contributed by atoms with Gasteiger partial charge in [0.15, 0.2) is 0 Å². The highest BCUT2D eigenvalue weighted by Gasteiger charge is 2.80. The Labute approximate surface area is 252 Å². The molecule has 1 N–H and O–H groups in total. The molecule has 2 aromatic rings. The van der Waals surface area contributed by atoms with Crippen LogP contribution in [0, 0.1) is 17.8 Å². The zero-order valence-electron chi connectivity index (χ0n) is 24.1. The van der Waals surface area contributed by atoms with Gasteiger partial charge >= 0.3 is 0 Å². The zero-order valence-corrected chi connectivity index (χ0v) is 24.9. The first-order valence-electron chi connectivity index (χ1n) is 14.4. The first-order valence-corrected chi connectivity index (χ1v) is 14.7. The SMILES string of the molecule is C=CCN(Cc1ccccc1)C(=O)[C@@H]1[C@H]2C(=O)N(CCO)C(C(=O)N(CC=C)c3ccc(Cl)cc3)C23CC(C)[C@@]1(C)O3. The molecule has 3 aliphatic heterocycles. The molecule has 2 bridgehead atoms. The summed E-state index contributed by atoms with van der Waals surface area (Å²) in [5, 5.41) is 10.5. The number of carbonyl (C=O) groups excluding carboxylic acids is 3. The lowest BCUT2D eigenvalue weighted by Gasteiger charge is -2.39. The molecule has 9 heteroatoms. The Bertz CT molecular complexity index is 1370. The second-order valence-electron chi connectivity index (χ2n) is 11.7. The van der Waals surface area contributed by atoms with Gasteiger partial charge in [-0.05, 0) is 49.1 Å². The number of benzene rings is 2. The van der Waals surface area contributed by atoms with Crippen molar-refractivity contribution < 1.29 is 24.2 Å². The van der Waals surface area contributed by atoms with E-state index in [9.17, 15) is 19.5 Å². The maximum Gasteiger partial charge on any atom is 0.253 e. The summed E-state index contributed by atoms with van der Waals surface area (Å²) in [5.74, 6) is -2.68. The molecule has 3 heterocycles. The van der Waals surface area contributed by atoms with E-state index in [-0.39, 0.29) is 43.3 Å². The van der Waals surface area contributed by atoms with Gasteiger partial charge in [-0.25, -0.2) is 0 Å². The minimum Gasteiger partial charge on any atom is -0.395 e. The number of likely N-dealkylation sites (tertiary alicyclic amines) is 1. The molecule has 3 fully saturated rings. The second-order valence-corrected chi connectivity index (χ2v) is 12.1. The molecular formula is C33H38ClN3O5. The van der Waals surface area contributed by atoms with Crippen LogP contribution in [0.1, 0.15) is 25.8 Å². The van der Waals surface area contributed by atoms with Crippen LogP contribution in [0.25, 0.3) is 0 Å². The fourth-order valence-electron chi connectivity index (χ4n) is 7.35. The average Bonchev–Trinajstić information content (AvgIpc) is 3.48. The summed E-state index contributed by atoms with van der Waals surface area (Å²) in [7, 11) is 0. The average molecular weight is 592 g/mol. The third-order valence-corrected chi connectivity index (χ3v) is 9.50. The zero-order chi connectivity index (χ0) is 30.2. The Morgan fingerprint density at radius 3 is 2.38 bits per heavy atom. The van der Waals surface area contributed by atoms with Gasteiger partial charge in [0.2, 0.25) is 11.8 Å². The van der Waals surface area contributed by atoms with Crippen molar-refractivity contribution in [2.24, 2.45) is 17.8 Å². The lowest BCUT2D eigenvalue weighted by molar-refractivity contribution is -0.152. The van der Waals surface area contributed by atoms with Crippen LogP contribution in [0.2, 0.25) is 5.02 Å². The molecule has 5 rings (SSSR count). The minimum atomic E-state index is -1.23. The lowest BCUT2D eigenvalue weighted by Crippen LogP contribution is -2.57. The predicted octanol–water partition coefficient (Wildman–Crippen LogP) is 4.08. The van der Waals surface area contributed by atoms with E-state index < -0.39 is 29.1 Å². The number of rotatable bonds is 11. The van der Waals surface area contributed by atoms with Gasteiger partial charge in [-0.3, -0.25) is 14.4 Å². The van der Waals surface area contributed by atoms with Crippen molar-refractivity contribution in [3.63, 3.8) is 0 Å². The lowest BCUT2D eigenvalue weighted by atomic mass is 9.62. The molecule has 3 unspecified atom stereocenters. The van der Waals surface area contributed by atoms with Crippen molar-refractivity contribution in [2.45, 2.75) is 44.1 Å². The maximum absolute atomic E-state index is 14.5. The number of aliphatic hydroxyl groups is 1. The van der Waals surface area contributed by atoms with Crippen molar-refractivity contribution in [3.05, 3.63) is 90.5 Å². The number of hydrogen-bond donors (Lipinski definition) is 1. The third kappa shape index (κ3) is 4.75. The van der Waals surface area contributed by atoms with Crippen molar-refractivity contribution in [2.75, 3.05) is 31.1 Å². The van der Waals surface area contributed by atoms with Gasteiger partial charge in [-0.15, -0.1) is 13.2 Å². The molecule has 6 atom stereocenters. The molecule has 3 saturated heterocycles. The summed E-state index contributed by atoms with van der Waals surface area (Å²) < 4.78 is 6.85. The van der Waals surface area contributed by atoms with Crippen molar-refractivity contribution in [1.82, 2.24) is 9.80 Å². The van der Waals surface area contributed by atoms with Crippen LogP contribution in [0.5, 0.6) is 0 Å². The minimum absolute atomic E-state index is 0.0498. The van der Waals surface area contributed by atoms with Crippen LogP contribution in [0.15, 0.2) is 79.9 Å². The van der Waals surface area contributed by atoms with E-state index in [0.717, 1.165) is 5.56 Å². The molecule has 0 aromatic heterocycles. The predicted molar refractivity (Wildman–Crippen MR) is 162 cm³/mol. The van der Waals surface area contributed by atoms with E-state index in [1.165, 1.54) is 4.90 Å². The number of carbonyl (C=O) groups is 3. The van der Waals surface area contributed by atoms with Crippen LogP contribution < -0.4 is 4.90 Å². The van der Waals surface area contributed by atoms with Crippen LogP contribution in [0.3, 0.4) is 0 Å². The summed E-state index contributed by atoms with van der Waals surface area (Å²) in [6, 6.07) is 15.5. The van der Waals surface area contributed by atoms with E-state index >= 15 is 0 Å². The van der Waals surface area contributed by atoms with Gasteiger partial charge < -0.3 is 24.5 Å². The monoisotopic (exact) mass is 591 g/mol. The number of fused-ring (bicyclic) bond motifs is 1. The molecule has 42 heavy (non-hydrogen) atoms. The number of amides is 3. The standard InChI is InChI=1S/C33H38ClN3O5/c1-5-16-35(21-23-10-8-7-9-11-23)29(39)26-27-30(40)37(18-19-38)28(33(27)20-22(3)32(26,4)42-33)31(41)36(17-6-2)25-14-12-24(34)13-15-25/h5-15,22,26-28,38H,1-2,16-21H2,3-4H3/t22?,26-,27-,28?,32+,33?/m0/s1. The Hall–Kier alpha value is -3.46. The summed E-state index contributed by atoms with van der Waals surface area (Å²) in [5.41, 5.74) is -0.627. The van der Waals surface area contributed by atoms with E-state index in [2.05, 4.69) is 13.2 Å². The van der Waals surface area contributed by atoms with Gasteiger partial charge in [-0.1, -0.05) is 61.0 Å². The normalized spacial score (nSPS) is 29.3. The topological polar surface area (TPSA) is 90.4 Å². The van der Waals surface area contributed by atoms with Crippen LogP contribution in [0.4, 0.5) is 5.69 Å². The molecule has 0 saturated carbocycles. The van der Waals surface area contributed by atoms with Crippen molar-refractivity contribution in [3.8, 4) is 0 Å². The van der Waals surface area contributed by atoms with Gasteiger partial charge in [0, 0.05) is 36.9 Å². The van der Waals surface area contributed by atoms with Crippen LogP contribution in [-0.2, 0) is 25.7 Å². The third-order valence-electron chi connectivity index (χ3n) is 9.25. The smallest absolute Gasteiger partial charge is 0.253 e. The van der Waals surface area contributed by atoms with E-state index in [0.29, 0.717) is 30.2 Å². The molecule has 222 valence electrons. The molecule has 2 aromatic carbocycles. The van der Waals surface area contributed by atoms with E-state index in [1.54, 1.807) is 46.2 Å². The molecule has 3 amide bonds. The summed E-state index contributed by atoms with van der Waals surface area (Å²) in [6.07, 6.45) is 3.73. The molecule has 8 nitrogen and oxygen atoms in total. The van der Waals surface area contributed by atoms with Gasteiger partial charge in [0.05, 0.1) is 24.0 Å². The van der Waals surface area contributed by atoms with Crippen LogP contribution in [-0.4, -0.2) is 76.1 Å². The van der Waals surface area contributed by atoms with Crippen LogP contribution >= 0.6 is 11.6 Å². The molecule has 0 aliphatic carbocycles. The molecular weight excluding hydrogens is 554 g/mol. The highest BCUT2D eigenvalue weighted by atomic mass is 35.5. The summed E-state index contributed by atoms with van der Waals surface area (Å²) >= 11 is 6.12. The highest BCUT2D eigenvalue weighted by molar-refractivity contribution is 6.30. The highest BCUT2D eigenvalue weighted by Crippen LogP contribution is 2.65. The number of hydrogen-bond acceptors (Lipinski definition) is 5. The number of ether oxygens (including phenoxy) is 1. The maximum atomic E-state index is 14.5. The molecule has 1 spiro atoms. The molecule has 3 aliphatic rings. The fourth-order valence-corrected chi connectivity index (χ4v) is 7.48. The number of aliphatic hydroxyl groups excluding tert-OH is 1. The number of anilines is 1. The number of halogens is 1. The van der Waals surface area contributed by atoms with Gasteiger partial charge in [0.25, 0.3) is 5.91 Å². The van der Waals surface area contributed by atoms with Gasteiger partial charge in [-0.2, -0.15) is 0 Å². The molecule has 0 radical (unpaired) electrons. The first kappa shape index (κ1) is 30.0. The number of nitrogens with zero attached hydrogens (tertiary/aromatic N) is 3. The number of β-amino-alcohol motifs (C(OH)–C–C–N with tert-alkyl or cyclic N) is 1. The summed E-state index contributed by atoms with van der Waals surface area (Å²) in [4.78, 5) is 47.9.